The van der Waals surface area contributed by atoms with Gasteiger partial charge in [0.2, 0.25) is 0 Å². The highest BCUT2D eigenvalue weighted by Gasteiger charge is 2.43. The highest BCUT2D eigenvalue weighted by molar-refractivity contribution is 5.92. The zero-order valence-electron chi connectivity index (χ0n) is 26.9. The molecule has 2 unspecified atom stereocenters. The first-order valence-corrected chi connectivity index (χ1v) is 16.8. The molecule has 0 saturated heterocycles. The van der Waals surface area contributed by atoms with E-state index in [0.29, 0.717) is 17.5 Å². The summed E-state index contributed by atoms with van der Waals surface area (Å²) in [5.41, 5.74) is 10.6. The lowest BCUT2D eigenvalue weighted by Gasteiger charge is -2.30. The summed E-state index contributed by atoms with van der Waals surface area (Å²) in [7, 11) is 0. The zero-order valence-corrected chi connectivity index (χ0v) is 26.9. The summed E-state index contributed by atoms with van der Waals surface area (Å²) in [6.45, 7) is 0. The highest BCUT2D eigenvalue weighted by atomic mass is 16.3. The van der Waals surface area contributed by atoms with Crippen LogP contribution in [-0.2, 0) is 0 Å². The van der Waals surface area contributed by atoms with E-state index < -0.39 is 0 Å². The highest BCUT2D eigenvalue weighted by Crippen LogP contribution is 2.53. The van der Waals surface area contributed by atoms with Crippen LogP contribution in [0.5, 0.6) is 0 Å². The average molecular weight is 644 g/mol. The molecule has 5 aromatic carbocycles. The van der Waals surface area contributed by atoms with E-state index in [1.165, 1.54) is 22.5 Å². The van der Waals surface area contributed by atoms with Crippen LogP contribution in [0.1, 0.15) is 22.8 Å². The number of benzene rings is 5. The average Bonchev–Trinajstić information content (AvgIpc) is 3.74. The van der Waals surface area contributed by atoms with Gasteiger partial charge in [-0.3, -0.25) is 4.98 Å². The van der Waals surface area contributed by atoms with Crippen LogP contribution >= 0.6 is 0 Å². The molecule has 6 heteroatoms. The van der Waals surface area contributed by atoms with Gasteiger partial charge in [0.25, 0.3) is 0 Å². The molecule has 2 aliphatic rings. The maximum absolute atomic E-state index is 6.52. The van der Waals surface area contributed by atoms with Crippen LogP contribution in [0.2, 0.25) is 0 Å². The quantitative estimate of drug-likeness (QED) is 0.186. The van der Waals surface area contributed by atoms with Crippen LogP contribution in [0.25, 0.3) is 62.3 Å². The third kappa shape index (κ3) is 4.65. The number of rotatable bonds is 5. The van der Waals surface area contributed by atoms with Crippen molar-refractivity contribution in [2.24, 2.45) is 0 Å². The monoisotopic (exact) mass is 643 g/mol. The number of para-hydroxylation sites is 2. The van der Waals surface area contributed by atoms with E-state index >= 15 is 0 Å². The zero-order chi connectivity index (χ0) is 33.0. The van der Waals surface area contributed by atoms with E-state index in [1.807, 2.05) is 30.3 Å². The van der Waals surface area contributed by atoms with E-state index in [-0.39, 0.29) is 12.0 Å². The topological polar surface area (TPSA) is 67.9 Å². The van der Waals surface area contributed by atoms with Crippen molar-refractivity contribution in [3.8, 4) is 45.3 Å². The molecule has 10 rings (SSSR count). The van der Waals surface area contributed by atoms with E-state index in [1.54, 1.807) is 12.4 Å². The van der Waals surface area contributed by atoms with Gasteiger partial charge >= 0.3 is 0 Å². The number of pyridine rings is 1. The normalized spacial score (nSPS) is 15.9. The molecule has 1 aliphatic heterocycles. The number of furan rings is 1. The van der Waals surface area contributed by atoms with Gasteiger partial charge in [-0.2, -0.15) is 0 Å². The van der Waals surface area contributed by atoms with Crippen molar-refractivity contribution in [3.63, 3.8) is 0 Å². The van der Waals surface area contributed by atoms with Crippen molar-refractivity contribution < 1.29 is 4.42 Å². The minimum absolute atomic E-state index is 0.100. The van der Waals surface area contributed by atoms with Gasteiger partial charge < -0.3 is 9.32 Å². The Morgan fingerprint density at radius 2 is 1.24 bits per heavy atom. The Morgan fingerprint density at radius 3 is 2.04 bits per heavy atom. The molecule has 1 aliphatic carbocycles. The molecule has 4 heterocycles. The minimum Gasteiger partial charge on any atom is -0.456 e. The van der Waals surface area contributed by atoms with Crippen LogP contribution < -0.4 is 4.90 Å². The first kappa shape index (κ1) is 28.4. The lowest BCUT2D eigenvalue weighted by molar-refractivity contribution is 0.584. The second kappa shape index (κ2) is 11.5. The third-order valence-electron chi connectivity index (χ3n) is 9.76. The fourth-order valence-corrected chi connectivity index (χ4v) is 7.52. The maximum Gasteiger partial charge on any atom is 0.165 e. The Balaban J connectivity index is 1.13. The summed E-state index contributed by atoms with van der Waals surface area (Å²) in [6.07, 6.45) is 7.97. The molecular formula is C44H29N5O. The Kier molecular flexibility index (Phi) is 6.52. The molecule has 8 aromatic rings. The van der Waals surface area contributed by atoms with E-state index in [4.69, 9.17) is 19.4 Å². The predicted molar refractivity (Wildman–Crippen MR) is 199 cm³/mol. The molecule has 236 valence electrons. The Morgan fingerprint density at radius 1 is 0.560 bits per heavy atom. The molecule has 0 spiro atoms. The van der Waals surface area contributed by atoms with Crippen LogP contribution in [0.4, 0.5) is 11.4 Å². The number of nitrogens with zero attached hydrogens (tertiary/aromatic N) is 5. The van der Waals surface area contributed by atoms with Crippen molar-refractivity contribution in [1.29, 1.82) is 0 Å². The molecule has 0 N–H and O–H groups in total. The van der Waals surface area contributed by atoms with E-state index in [0.717, 1.165) is 44.5 Å². The summed E-state index contributed by atoms with van der Waals surface area (Å²) in [5, 5.41) is 1.07. The van der Waals surface area contributed by atoms with Gasteiger partial charge in [0, 0.05) is 57.3 Å². The smallest absolute Gasteiger partial charge is 0.165 e. The van der Waals surface area contributed by atoms with Crippen molar-refractivity contribution in [1.82, 2.24) is 19.9 Å². The molecule has 0 saturated carbocycles. The molecule has 6 nitrogen and oxygen atoms in total. The van der Waals surface area contributed by atoms with E-state index in [9.17, 15) is 0 Å². The van der Waals surface area contributed by atoms with Gasteiger partial charge in [-0.15, -0.1) is 0 Å². The lowest BCUT2D eigenvalue weighted by Crippen LogP contribution is -2.30. The SMILES string of the molecule is C1=CC2C(c3ccccc3N2c2ccccc2)c2c1oc1ccc(-c3nc(-c4cccnc4)nc(-c4cccc(-c5ccccc5)c4)n3)cc21. The second-order valence-corrected chi connectivity index (χ2v) is 12.7. The number of hydrogen-bond acceptors (Lipinski definition) is 6. The van der Waals surface area contributed by atoms with Crippen LogP contribution in [0.3, 0.4) is 0 Å². The third-order valence-corrected chi connectivity index (χ3v) is 9.76. The summed E-state index contributed by atoms with van der Waals surface area (Å²) < 4.78 is 6.52. The molecule has 3 aromatic heterocycles. The fraction of sp³-hybridized carbons (Fsp3) is 0.0455. The molecule has 0 fully saturated rings. The predicted octanol–water partition coefficient (Wildman–Crippen LogP) is 10.4. The largest absolute Gasteiger partial charge is 0.456 e. The van der Waals surface area contributed by atoms with Crippen LogP contribution in [0.15, 0.2) is 162 Å². The first-order chi connectivity index (χ1) is 24.8. The molecule has 0 bridgehead atoms. The molecule has 0 radical (unpaired) electrons. The van der Waals surface area contributed by atoms with Crippen LogP contribution in [0, 0.1) is 0 Å². The standard InChI is InChI=1S/C44H29N5O/c1-3-11-28(12-4-1)29-13-9-14-30(25-29)42-46-43(48-44(47-42)32-15-10-24-45-27-32)31-20-22-38-35(26-31)41-39(50-38)23-21-37-40(41)34-18-7-8-19-36(34)49(37)33-16-5-2-6-17-33/h1-27,37,40H. The van der Waals surface area contributed by atoms with Gasteiger partial charge in [-0.25, -0.2) is 15.0 Å². The molecular weight excluding hydrogens is 615 g/mol. The Hall–Kier alpha value is -6.66. The second-order valence-electron chi connectivity index (χ2n) is 12.7. The van der Waals surface area contributed by atoms with Crippen molar-refractivity contribution in [2.75, 3.05) is 4.90 Å². The van der Waals surface area contributed by atoms with Crippen molar-refractivity contribution in [3.05, 3.63) is 175 Å². The summed E-state index contributed by atoms with van der Waals surface area (Å²) >= 11 is 0. The van der Waals surface area contributed by atoms with Crippen LogP contribution in [-0.4, -0.2) is 26.0 Å². The number of anilines is 2. The first-order valence-electron chi connectivity index (χ1n) is 16.8. The molecule has 50 heavy (non-hydrogen) atoms. The lowest BCUT2D eigenvalue weighted by atomic mass is 9.82. The number of fused-ring (bicyclic) bond motifs is 7. The minimum atomic E-state index is 0.100. The summed E-state index contributed by atoms with van der Waals surface area (Å²) in [6, 6.07) is 48.4. The maximum atomic E-state index is 6.52. The van der Waals surface area contributed by atoms with Gasteiger partial charge in [-0.05, 0) is 77.4 Å². The Bertz CT molecular complexity index is 2560. The van der Waals surface area contributed by atoms with Gasteiger partial charge in [-0.1, -0.05) is 91.0 Å². The summed E-state index contributed by atoms with van der Waals surface area (Å²) in [5.74, 6) is 2.77. The van der Waals surface area contributed by atoms with Crippen molar-refractivity contribution >= 4 is 28.4 Å². The Labute approximate surface area is 289 Å². The van der Waals surface area contributed by atoms with Gasteiger partial charge in [0.1, 0.15) is 11.3 Å². The number of hydrogen-bond donors (Lipinski definition) is 0. The molecule has 0 amide bonds. The summed E-state index contributed by atoms with van der Waals surface area (Å²) in [4.78, 5) is 21.9. The van der Waals surface area contributed by atoms with E-state index in [2.05, 4.69) is 131 Å². The number of aromatic nitrogens is 4. The van der Waals surface area contributed by atoms with Crippen molar-refractivity contribution in [2.45, 2.75) is 12.0 Å². The van der Waals surface area contributed by atoms with Gasteiger partial charge in [0.05, 0.1) is 6.04 Å². The fourth-order valence-electron chi connectivity index (χ4n) is 7.52. The molecule has 2 atom stereocenters. The van der Waals surface area contributed by atoms with Gasteiger partial charge in [0.15, 0.2) is 17.5 Å².